The normalized spacial score (nSPS) is 24.9. The number of hydrogen-bond donors (Lipinski definition) is 7. The van der Waals surface area contributed by atoms with Crippen molar-refractivity contribution in [3.63, 3.8) is 0 Å². The van der Waals surface area contributed by atoms with Crippen LogP contribution in [0, 0.1) is 23.7 Å². The molecule has 2 aromatic carbocycles. The number of fused-ring (bicyclic) bond motifs is 2. The van der Waals surface area contributed by atoms with Gasteiger partial charge in [-0.1, -0.05) is 84.0 Å². The number of benzene rings is 2. The quantitative estimate of drug-likeness (QED) is 0.119. The van der Waals surface area contributed by atoms with Gasteiger partial charge in [-0.25, -0.2) is 4.79 Å². The molecule has 7 amide bonds. The molecular weight excluding hydrogens is 891 g/mol. The number of Topliss-reactive ketones (excluding diaryl/α,β-unsaturated/α-hetero) is 1. The van der Waals surface area contributed by atoms with E-state index in [9.17, 15) is 48.6 Å². The lowest BCUT2D eigenvalue weighted by Gasteiger charge is -2.43. The Morgan fingerprint density at radius 1 is 0.783 bits per heavy atom. The Kier molecular flexibility index (Phi) is 20.2. The molecule has 0 spiro atoms. The molecule has 69 heavy (non-hydrogen) atoms. The summed E-state index contributed by atoms with van der Waals surface area (Å²) in [6, 6.07) is 6.17. The standard InChI is InChI=1S/C50H71N7O12/c1-27(2)22-35(59)26-33(16-20-40(51)60)44(62)55-43-30(7)69-50(68)42(29(5)6)54-46(64)38(24-32-14-17-34(58)18-15-32)56(8)49(67)39(25-31-12-10-9-11-13-31)57-41(61)21-19-36(48(57)66)52-45(63)37(23-28(3)4)53-47(43)65/h9-15,17-18,27-30,33,36-39,41-43,58,61H,16,19-26H2,1-8H3,(H2,51,60)(H,52,63)(H,53,65)(H,54,64)(H,55,62)/t30-,33-,36?,37+,38+,39+,41+,42+,43+/m1/s1. The number of amides is 7. The molecule has 4 rings (SSSR count). The van der Waals surface area contributed by atoms with Crippen LogP contribution in [0.5, 0.6) is 5.75 Å². The number of hydrogen-bond acceptors (Lipinski definition) is 12. The minimum Gasteiger partial charge on any atom is -0.508 e. The molecule has 0 aliphatic carbocycles. The van der Waals surface area contributed by atoms with E-state index in [0.29, 0.717) is 11.1 Å². The first-order valence-electron chi connectivity index (χ1n) is 23.8. The fraction of sp³-hybridized carbons (Fsp3) is 0.580. The zero-order valence-corrected chi connectivity index (χ0v) is 40.9. The van der Waals surface area contributed by atoms with E-state index in [1.807, 2.05) is 13.8 Å². The Morgan fingerprint density at radius 2 is 1.41 bits per heavy atom. The van der Waals surface area contributed by atoms with E-state index >= 15 is 4.79 Å². The third-order valence-electron chi connectivity index (χ3n) is 12.4. The molecule has 2 aromatic rings. The smallest absolute Gasteiger partial charge is 0.329 e. The average molecular weight is 962 g/mol. The number of nitrogens with zero attached hydrogens (tertiary/aromatic N) is 2. The van der Waals surface area contributed by atoms with Gasteiger partial charge in [-0.05, 0) is 73.6 Å². The molecule has 2 heterocycles. The monoisotopic (exact) mass is 962 g/mol. The van der Waals surface area contributed by atoms with Gasteiger partial charge >= 0.3 is 5.97 Å². The van der Waals surface area contributed by atoms with Crippen molar-refractivity contribution in [2.24, 2.45) is 29.4 Å². The summed E-state index contributed by atoms with van der Waals surface area (Å²) in [7, 11) is 1.37. The highest BCUT2D eigenvalue weighted by Crippen LogP contribution is 2.26. The van der Waals surface area contributed by atoms with Gasteiger partial charge in [0.25, 0.3) is 0 Å². The predicted molar refractivity (Wildman–Crippen MR) is 253 cm³/mol. The van der Waals surface area contributed by atoms with Gasteiger partial charge in [0.15, 0.2) is 0 Å². The zero-order chi connectivity index (χ0) is 51.3. The minimum atomic E-state index is -1.71. The lowest BCUT2D eigenvalue weighted by Crippen LogP contribution is -2.65. The van der Waals surface area contributed by atoms with E-state index in [1.54, 1.807) is 70.2 Å². The second-order valence-corrected chi connectivity index (χ2v) is 19.5. The topological polar surface area (TPSA) is 284 Å². The maximum Gasteiger partial charge on any atom is 0.329 e. The van der Waals surface area contributed by atoms with Gasteiger partial charge in [-0.2, -0.15) is 0 Å². The second-order valence-electron chi connectivity index (χ2n) is 19.5. The Labute approximate surface area is 404 Å². The molecule has 1 unspecified atom stereocenters. The Hall–Kier alpha value is -6.37. The van der Waals surface area contributed by atoms with E-state index in [4.69, 9.17) is 10.5 Å². The molecular formula is C50H71N7O12. The van der Waals surface area contributed by atoms with Crippen molar-refractivity contribution in [3.8, 4) is 5.75 Å². The molecule has 378 valence electrons. The fourth-order valence-corrected chi connectivity index (χ4v) is 8.62. The van der Waals surface area contributed by atoms with Crippen LogP contribution in [0.15, 0.2) is 54.6 Å². The summed E-state index contributed by atoms with van der Waals surface area (Å²) in [6.07, 6.45) is -3.81. The van der Waals surface area contributed by atoms with Crippen molar-refractivity contribution in [1.82, 2.24) is 31.1 Å². The van der Waals surface area contributed by atoms with Crippen LogP contribution >= 0.6 is 0 Å². The fourth-order valence-electron chi connectivity index (χ4n) is 8.62. The maximum absolute atomic E-state index is 15.0. The van der Waals surface area contributed by atoms with Crippen LogP contribution in [-0.2, 0) is 60.7 Å². The number of phenolic OH excluding ortho intramolecular Hbond substituents is 1. The van der Waals surface area contributed by atoms with Crippen LogP contribution in [-0.4, -0.2) is 129 Å². The van der Waals surface area contributed by atoms with Gasteiger partial charge in [0.2, 0.25) is 41.4 Å². The first kappa shape index (κ1) is 55.2. The lowest BCUT2D eigenvalue weighted by molar-refractivity contribution is -0.165. The lowest BCUT2D eigenvalue weighted by atomic mass is 9.92. The number of primary amides is 1. The molecule has 0 radical (unpaired) electrons. The van der Waals surface area contributed by atoms with Crippen LogP contribution in [0.3, 0.4) is 0 Å². The molecule has 8 N–H and O–H groups in total. The van der Waals surface area contributed by atoms with E-state index in [-0.39, 0.29) is 81.2 Å². The Bertz CT molecular complexity index is 2150. The number of nitrogens with one attached hydrogen (secondary N) is 4. The maximum atomic E-state index is 15.0. The van der Waals surface area contributed by atoms with Gasteiger partial charge in [0.1, 0.15) is 60.1 Å². The molecule has 9 atom stereocenters. The molecule has 19 nitrogen and oxygen atoms in total. The summed E-state index contributed by atoms with van der Waals surface area (Å²) >= 11 is 0. The summed E-state index contributed by atoms with van der Waals surface area (Å²) in [6.45, 7) is 11.8. The minimum absolute atomic E-state index is 0.0361. The van der Waals surface area contributed by atoms with E-state index in [2.05, 4.69) is 21.3 Å². The highest BCUT2D eigenvalue weighted by atomic mass is 16.5. The molecule has 2 saturated heterocycles. The summed E-state index contributed by atoms with van der Waals surface area (Å²) < 4.78 is 5.90. The van der Waals surface area contributed by atoms with Crippen LogP contribution in [0.1, 0.15) is 105 Å². The van der Waals surface area contributed by atoms with Gasteiger partial charge in [-0.3, -0.25) is 38.4 Å². The number of esters is 1. The number of ketones is 1. The highest BCUT2D eigenvalue weighted by Gasteiger charge is 2.46. The van der Waals surface area contributed by atoms with Crippen molar-refractivity contribution < 1.29 is 58.1 Å². The van der Waals surface area contributed by atoms with Crippen LogP contribution in [0.2, 0.25) is 0 Å². The highest BCUT2D eigenvalue weighted by molar-refractivity contribution is 5.98. The molecule has 2 bridgehead atoms. The van der Waals surface area contributed by atoms with Crippen molar-refractivity contribution in [1.29, 1.82) is 0 Å². The molecule has 2 aliphatic heterocycles. The first-order valence-corrected chi connectivity index (χ1v) is 23.8. The predicted octanol–water partition coefficient (Wildman–Crippen LogP) is 1.79. The number of likely N-dealkylation sites (N-methyl/N-ethyl adjacent to an activating group) is 1. The van der Waals surface area contributed by atoms with Crippen molar-refractivity contribution >= 4 is 53.1 Å². The second kappa shape index (κ2) is 25.3. The number of aromatic hydroxyl groups is 1. The number of rotatable bonds is 16. The summed E-state index contributed by atoms with van der Waals surface area (Å²) in [5.41, 5.74) is 6.56. The Balaban J connectivity index is 1.87. The molecule has 2 aliphatic rings. The van der Waals surface area contributed by atoms with Gasteiger partial charge in [0.05, 0.1) is 0 Å². The molecule has 2 fully saturated rings. The number of nitrogens with two attached hydrogens (primary N) is 1. The zero-order valence-electron chi connectivity index (χ0n) is 40.9. The summed E-state index contributed by atoms with van der Waals surface area (Å²) in [4.78, 5) is 129. The largest absolute Gasteiger partial charge is 0.508 e. The van der Waals surface area contributed by atoms with Crippen molar-refractivity contribution in [2.45, 2.75) is 155 Å². The van der Waals surface area contributed by atoms with E-state index in [0.717, 1.165) is 9.80 Å². The van der Waals surface area contributed by atoms with Gasteiger partial charge in [-0.15, -0.1) is 0 Å². The number of ether oxygens (including phenoxy) is 1. The number of phenols is 1. The van der Waals surface area contributed by atoms with Crippen LogP contribution < -0.4 is 27.0 Å². The summed E-state index contributed by atoms with van der Waals surface area (Å²) in [5, 5.41) is 32.3. The van der Waals surface area contributed by atoms with Gasteiger partial charge < -0.3 is 51.8 Å². The SMILES string of the molecule is CC(C)CC(=O)C[C@@H](CCC(N)=O)C(=O)N[C@@H]1C(=O)N[C@@H](CC(C)C)C(=O)NC2CC[C@H](O)N(C2=O)[C@@H](Cc2ccccc2)C(=O)N(C)[C@@H](Cc2ccc(O)cc2)C(=O)N[C@@H](C(C)C)C(=O)O[C@@H]1C. The Morgan fingerprint density at radius 3 is 2.00 bits per heavy atom. The number of cyclic esters (lactones) is 1. The number of aliphatic hydroxyl groups is 1. The number of carbonyl (C=O) groups excluding carboxylic acids is 9. The van der Waals surface area contributed by atoms with Crippen LogP contribution in [0.4, 0.5) is 0 Å². The van der Waals surface area contributed by atoms with Crippen molar-refractivity contribution in [2.75, 3.05) is 7.05 Å². The number of aliphatic hydroxyl groups excluding tert-OH is 1. The van der Waals surface area contributed by atoms with Crippen molar-refractivity contribution in [3.05, 3.63) is 65.7 Å². The van der Waals surface area contributed by atoms with Crippen LogP contribution in [0.25, 0.3) is 0 Å². The number of piperidine rings is 1. The van der Waals surface area contributed by atoms with Gasteiger partial charge in [0, 0.05) is 45.1 Å². The average Bonchev–Trinajstić information content (AvgIpc) is 3.27. The number of carbonyl (C=O) groups is 9. The molecule has 0 aromatic heterocycles. The third kappa shape index (κ3) is 15.8. The summed E-state index contributed by atoms with van der Waals surface area (Å²) in [5.74, 6) is -9.01. The third-order valence-corrected chi connectivity index (χ3v) is 12.4. The molecule has 0 saturated carbocycles. The van der Waals surface area contributed by atoms with E-state index in [1.165, 1.54) is 26.1 Å². The van der Waals surface area contributed by atoms with E-state index < -0.39 is 108 Å². The first-order chi connectivity index (χ1) is 32.5. The molecule has 19 heteroatoms.